The van der Waals surface area contributed by atoms with Gasteiger partial charge in [-0.1, -0.05) is 47.6 Å². The van der Waals surface area contributed by atoms with E-state index in [9.17, 15) is 4.79 Å². The number of hydrogen-bond donors (Lipinski definition) is 1. The molecule has 5 nitrogen and oxygen atoms in total. The van der Waals surface area contributed by atoms with Crippen LogP contribution in [-0.2, 0) is 9.63 Å². The fourth-order valence-corrected chi connectivity index (χ4v) is 2.79. The Labute approximate surface area is 147 Å². The molecule has 1 aliphatic rings. The van der Waals surface area contributed by atoms with E-state index < -0.39 is 5.60 Å². The number of carbonyl (C=O) groups is 1. The van der Waals surface area contributed by atoms with Crippen molar-refractivity contribution >= 4 is 11.6 Å². The normalized spacial score (nSPS) is 20.4. The number of benzene rings is 2. The van der Waals surface area contributed by atoms with Gasteiger partial charge in [0.1, 0.15) is 5.75 Å². The minimum Gasteiger partial charge on any atom is -0.497 e. The highest BCUT2D eigenvalue weighted by molar-refractivity contribution is 6.05. The van der Waals surface area contributed by atoms with Gasteiger partial charge < -0.3 is 14.9 Å². The van der Waals surface area contributed by atoms with Gasteiger partial charge in [-0.05, 0) is 31.5 Å². The first-order valence-electron chi connectivity index (χ1n) is 8.27. The van der Waals surface area contributed by atoms with E-state index in [0.717, 1.165) is 22.6 Å². The van der Waals surface area contributed by atoms with Gasteiger partial charge in [-0.15, -0.1) is 0 Å². The maximum atomic E-state index is 12.7. The number of hydrogen-bond acceptors (Lipinski definition) is 4. The van der Waals surface area contributed by atoms with Gasteiger partial charge in [0.05, 0.1) is 18.9 Å². The molecule has 0 saturated heterocycles. The Balaban J connectivity index is 1.68. The lowest BCUT2D eigenvalue weighted by atomic mass is 9.94. The molecule has 130 valence electrons. The number of oxime groups is 1. The Morgan fingerprint density at radius 3 is 2.72 bits per heavy atom. The highest BCUT2D eigenvalue weighted by Crippen LogP contribution is 2.29. The minimum absolute atomic E-state index is 0.102. The third-order valence-corrected chi connectivity index (χ3v) is 4.39. The Hall–Kier alpha value is -2.82. The third kappa shape index (κ3) is 3.65. The quantitative estimate of drug-likeness (QED) is 0.908. The van der Waals surface area contributed by atoms with Crippen molar-refractivity contribution < 1.29 is 14.4 Å². The van der Waals surface area contributed by atoms with Crippen molar-refractivity contribution in [3.05, 3.63) is 65.7 Å². The number of ether oxygens (including phenoxy) is 1. The highest BCUT2D eigenvalue weighted by atomic mass is 16.7. The average Bonchev–Trinajstić information content (AvgIpc) is 3.06. The van der Waals surface area contributed by atoms with Crippen LogP contribution in [0.2, 0.25) is 0 Å². The van der Waals surface area contributed by atoms with E-state index in [1.165, 1.54) is 0 Å². The van der Waals surface area contributed by atoms with Crippen LogP contribution < -0.4 is 10.1 Å². The van der Waals surface area contributed by atoms with Crippen LogP contribution in [0.25, 0.3) is 0 Å². The topological polar surface area (TPSA) is 59.9 Å². The van der Waals surface area contributed by atoms with Crippen LogP contribution in [0.4, 0.5) is 0 Å². The molecular weight excluding hydrogens is 316 g/mol. The summed E-state index contributed by atoms with van der Waals surface area (Å²) < 4.78 is 5.24. The van der Waals surface area contributed by atoms with E-state index in [1.54, 1.807) is 14.0 Å². The molecule has 5 heteroatoms. The zero-order valence-electron chi connectivity index (χ0n) is 14.7. The van der Waals surface area contributed by atoms with Crippen LogP contribution in [0.3, 0.4) is 0 Å². The molecule has 0 bridgehead atoms. The summed E-state index contributed by atoms with van der Waals surface area (Å²) in [5.74, 6) is 0.571. The maximum absolute atomic E-state index is 12.7. The van der Waals surface area contributed by atoms with Crippen molar-refractivity contribution in [3.63, 3.8) is 0 Å². The van der Waals surface area contributed by atoms with Crippen LogP contribution in [0.15, 0.2) is 59.8 Å². The molecule has 0 spiro atoms. The molecule has 3 rings (SSSR count). The molecule has 0 aliphatic carbocycles. The first kappa shape index (κ1) is 17.0. The van der Waals surface area contributed by atoms with Gasteiger partial charge in [-0.2, -0.15) is 0 Å². The van der Waals surface area contributed by atoms with Crippen LogP contribution in [0, 0.1) is 0 Å². The molecule has 0 saturated carbocycles. The first-order chi connectivity index (χ1) is 12.0. The molecular formula is C20H22N2O3. The second-order valence-electron chi connectivity index (χ2n) is 6.37. The van der Waals surface area contributed by atoms with Gasteiger partial charge in [-0.25, -0.2) is 0 Å². The first-order valence-corrected chi connectivity index (χ1v) is 8.27. The predicted octanol–water partition coefficient (Wildman–Crippen LogP) is 3.46. The molecule has 2 atom stereocenters. The Kier molecular flexibility index (Phi) is 4.74. The van der Waals surface area contributed by atoms with Crippen LogP contribution >= 0.6 is 0 Å². The van der Waals surface area contributed by atoms with Gasteiger partial charge in [0, 0.05) is 12.0 Å². The number of nitrogens with one attached hydrogen (secondary N) is 1. The Morgan fingerprint density at radius 1 is 1.24 bits per heavy atom. The second kappa shape index (κ2) is 6.97. The van der Waals surface area contributed by atoms with Crippen molar-refractivity contribution in [2.24, 2.45) is 5.16 Å². The molecule has 2 aromatic rings. The van der Waals surface area contributed by atoms with E-state index in [0.29, 0.717) is 6.42 Å². The Morgan fingerprint density at radius 2 is 2.00 bits per heavy atom. The number of methoxy groups -OCH3 is 1. The fourth-order valence-electron chi connectivity index (χ4n) is 2.79. The summed E-state index contributed by atoms with van der Waals surface area (Å²) in [7, 11) is 1.62. The average molecular weight is 338 g/mol. The van der Waals surface area contributed by atoms with Crippen molar-refractivity contribution in [3.8, 4) is 5.75 Å². The summed E-state index contributed by atoms with van der Waals surface area (Å²) in [4.78, 5) is 18.2. The van der Waals surface area contributed by atoms with Crippen LogP contribution in [0.5, 0.6) is 5.75 Å². The lowest BCUT2D eigenvalue weighted by molar-refractivity contribution is -0.142. The van der Waals surface area contributed by atoms with Crippen LogP contribution in [-0.4, -0.2) is 24.3 Å². The number of carbonyl (C=O) groups excluding carboxylic acids is 1. The van der Waals surface area contributed by atoms with Crippen molar-refractivity contribution in [2.75, 3.05) is 7.11 Å². The fraction of sp³-hybridized carbons (Fsp3) is 0.300. The smallest absolute Gasteiger partial charge is 0.267 e. The molecule has 1 heterocycles. The van der Waals surface area contributed by atoms with E-state index >= 15 is 0 Å². The molecule has 1 unspecified atom stereocenters. The Bertz CT molecular complexity index is 789. The number of rotatable bonds is 5. The van der Waals surface area contributed by atoms with Gasteiger partial charge in [0.15, 0.2) is 0 Å². The molecule has 0 radical (unpaired) electrons. The van der Waals surface area contributed by atoms with Crippen molar-refractivity contribution in [2.45, 2.75) is 31.9 Å². The zero-order valence-corrected chi connectivity index (χ0v) is 14.7. The summed E-state index contributed by atoms with van der Waals surface area (Å²) in [6, 6.07) is 17.3. The van der Waals surface area contributed by atoms with Crippen LogP contribution in [0.1, 0.15) is 37.4 Å². The summed E-state index contributed by atoms with van der Waals surface area (Å²) in [5.41, 5.74) is 1.67. The monoisotopic (exact) mass is 338 g/mol. The highest BCUT2D eigenvalue weighted by Gasteiger charge is 2.42. The lowest BCUT2D eigenvalue weighted by Crippen LogP contribution is -2.45. The van der Waals surface area contributed by atoms with E-state index in [1.807, 2.05) is 61.5 Å². The van der Waals surface area contributed by atoms with Gasteiger partial charge in [0.2, 0.25) is 5.60 Å². The molecule has 0 aromatic heterocycles. The SMILES string of the molecule is COc1cccc(C2=NOC(C)(C(=O)N[C@@H](C)c3ccccc3)C2)c1. The van der Waals surface area contributed by atoms with Gasteiger partial charge in [-0.3, -0.25) is 4.79 Å². The molecule has 1 amide bonds. The number of nitrogens with zero attached hydrogens (tertiary/aromatic N) is 1. The molecule has 1 aliphatic heterocycles. The van der Waals surface area contributed by atoms with Gasteiger partial charge in [0.25, 0.3) is 5.91 Å². The minimum atomic E-state index is -1.01. The van der Waals surface area contributed by atoms with Crippen molar-refractivity contribution in [1.82, 2.24) is 5.32 Å². The van der Waals surface area contributed by atoms with E-state index in [4.69, 9.17) is 9.57 Å². The second-order valence-corrected chi connectivity index (χ2v) is 6.37. The van der Waals surface area contributed by atoms with Crippen molar-refractivity contribution in [1.29, 1.82) is 0 Å². The summed E-state index contributed by atoms with van der Waals surface area (Å²) in [6.07, 6.45) is 0.410. The van der Waals surface area contributed by atoms with E-state index in [-0.39, 0.29) is 11.9 Å². The zero-order chi connectivity index (χ0) is 17.9. The molecule has 25 heavy (non-hydrogen) atoms. The molecule has 1 N–H and O–H groups in total. The lowest BCUT2D eigenvalue weighted by Gasteiger charge is -2.23. The summed E-state index contributed by atoms with van der Waals surface area (Å²) in [5, 5.41) is 7.15. The number of amides is 1. The third-order valence-electron chi connectivity index (χ3n) is 4.39. The van der Waals surface area contributed by atoms with Gasteiger partial charge >= 0.3 is 0 Å². The predicted molar refractivity (Wildman–Crippen MR) is 96.6 cm³/mol. The largest absolute Gasteiger partial charge is 0.497 e. The summed E-state index contributed by atoms with van der Waals surface area (Å²) in [6.45, 7) is 3.71. The molecule has 2 aromatic carbocycles. The summed E-state index contributed by atoms with van der Waals surface area (Å²) >= 11 is 0. The standard InChI is InChI=1S/C20H22N2O3/c1-14(15-8-5-4-6-9-15)21-19(23)20(2)13-18(22-25-20)16-10-7-11-17(12-16)24-3/h4-12,14H,13H2,1-3H3,(H,21,23)/t14-,20?/m0/s1. The molecule has 0 fully saturated rings. The van der Waals surface area contributed by atoms with E-state index in [2.05, 4.69) is 10.5 Å². The maximum Gasteiger partial charge on any atom is 0.267 e.